The molecule has 2 N–H and O–H groups in total. The van der Waals surface area contributed by atoms with Crippen molar-refractivity contribution in [3.05, 3.63) is 16.6 Å². The first-order valence-electron chi connectivity index (χ1n) is 4.54. The van der Waals surface area contributed by atoms with Gasteiger partial charge in [0.15, 0.2) is 0 Å². The van der Waals surface area contributed by atoms with Crippen LogP contribution in [0.25, 0.3) is 0 Å². The van der Waals surface area contributed by atoms with Crippen LogP contribution in [-0.4, -0.2) is 24.0 Å². The summed E-state index contributed by atoms with van der Waals surface area (Å²) in [5, 5.41) is 13.9. The van der Waals surface area contributed by atoms with Crippen molar-refractivity contribution in [3.8, 4) is 6.07 Å². The predicted molar refractivity (Wildman–Crippen MR) is 57.1 cm³/mol. The second-order valence-electron chi connectivity index (χ2n) is 2.83. The van der Waals surface area contributed by atoms with Gasteiger partial charge in [-0.3, -0.25) is 9.78 Å². The quantitative estimate of drug-likeness (QED) is 0.680. The number of hydrogen-bond donors (Lipinski definition) is 2. The van der Waals surface area contributed by atoms with Crippen molar-refractivity contribution >= 4 is 17.2 Å². The lowest BCUT2D eigenvalue weighted by Crippen LogP contribution is -2.33. The Bertz CT molecular complexity index is 330. The molecule has 0 atom stereocenters. The maximum atomic E-state index is 11.2. The largest absolute Gasteiger partial charge is 0.354 e. The third kappa shape index (κ3) is 5.10. The Morgan fingerprint density at radius 2 is 2.53 bits per heavy atom. The Balaban J connectivity index is 2.05. The van der Waals surface area contributed by atoms with E-state index in [9.17, 15) is 4.79 Å². The molecule has 1 heterocycles. The van der Waals surface area contributed by atoms with Crippen LogP contribution in [0.1, 0.15) is 11.3 Å². The Kier molecular flexibility index (Phi) is 5.37. The normalized spacial score (nSPS) is 9.53. The van der Waals surface area contributed by atoms with E-state index in [0.717, 1.165) is 4.88 Å². The monoisotopic (exact) mass is 224 g/mol. The van der Waals surface area contributed by atoms with E-state index >= 15 is 0 Å². The third-order valence-corrected chi connectivity index (χ3v) is 2.41. The molecule has 5 nitrogen and oxygen atoms in total. The van der Waals surface area contributed by atoms with Gasteiger partial charge in [0.25, 0.3) is 0 Å². The number of nitrogens with one attached hydrogen (secondary N) is 2. The van der Waals surface area contributed by atoms with E-state index in [4.69, 9.17) is 5.26 Å². The van der Waals surface area contributed by atoms with Crippen molar-refractivity contribution in [2.75, 3.05) is 13.1 Å². The molecule has 0 aromatic carbocycles. The van der Waals surface area contributed by atoms with Gasteiger partial charge in [-0.2, -0.15) is 5.26 Å². The molecule has 0 aliphatic carbocycles. The number of amides is 1. The van der Waals surface area contributed by atoms with E-state index in [1.54, 1.807) is 23.0 Å². The lowest BCUT2D eigenvalue weighted by molar-refractivity contribution is -0.120. The highest BCUT2D eigenvalue weighted by molar-refractivity contribution is 7.09. The minimum absolute atomic E-state index is 0.0882. The summed E-state index contributed by atoms with van der Waals surface area (Å²) in [6, 6.07) is 1.96. The first-order valence-corrected chi connectivity index (χ1v) is 5.42. The van der Waals surface area contributed by atoms with Crippen LogP contribution in [0.4, 0.5) is 0 Å². The van der Waals surface area contributed by atoms with Gasteiger partial charge in [-0.05, 0) is 0 Å². The van der Waals surface area contributed by atoms with Crippen LogP contribution in [-0.2, 0) is 11.3 Å². The lowest BCUT2D eigenvalue weighted by Gasteiger charge is -2.03. The summed E-state index contributed by atoms with van der Waals surface area (Å²) in [7, 11) is 0. The fourth-order valence-electron chi connectivity index (χ4n) is 0.949. The number of rotatable bonds is 6. The van der Waals surface area contributed by atoms with Crippen LogP contribution in [0.2, 0.25) is 0 Å². The number of nitriles is 1. The standard InChI is InChI=1S/C9H12N4OS/c10-2-1-3-13-9(14)6-11-4-8-5-12-7-15-8/h5,7,11H,1,3-4,6H2,(H,13,14). The number of aromatic nitrogens is 1. The van der Waals surface area contributed by atoms with Crippen LogP contribution < -0.4 is 10.6 Å². The Hall–Kier alpha value is -1.45. The van der Waals surface area contributed by atoms with E-state index in [-0.39, 0.29) is 12.5 Å². The molecular weight excluding hydrogens is 212 g/mol. The Morgan fingerprint density at radius 3 is 3.20 bits per heavy atom. The number of carbonyl (C=O) groups excluding carboxylic acids is 1. The molecule has 0 saturated carbocycles. The topological polar surface area (TPSA) is 77.8 Å². The van der Waals surface area contributed by atoms with Crippen molar-refractivity contribution in [2.24, 2.45) is 0 Å². The van der Waals surface area contributed by atoms with Gasteiger partial charge in [-0.25, -0.2) is 0 Å². The second kappa shape index (κ2) is 6.92. The number of nitrogens with zero attached hydrogens (tertiary/aromatic N) is 2. The SMILES string of the molecule is N#CCCNC(=O)CNCc1cncs1. The highest BCUT2D eigenvalue weighted by Crippen LogP contribution is 2.03. The second-order valence-corrected chi connectivity index (χ2v) is 3.80. The molecule has 0 bridgehead atoms. The smallest absolute Gasteiger partial charge is 0.234 e. The molecule has 80 valence electrons. The molecule has 0 radical (unpaired) electrons. The summed E-state index contributed by atoms with van der Waals surface area (Å²) in [4.78, 5) is 16.2. The molecule has 1 aromatic rings. The fourth-order valence-corrected chi connectivity index (χ4v) is 1.51. The molecule has 0 spiro atoms. The van der Waals surface area contributed by atoms with Gasteiger partial charge in [-0.1, -0.05) is 0 Å². The Morgan fingerprint density at radius 1 is 1.67 bits per heavy atom. The zero-order chi connectivity index (χ0) is 10.9. The fraction of sp³-hybridized carbons (Fsp3) is 0.444. The molecule has 0 fully saturated rings. The highest BCUT2D eigenvalue weighted by Gasteiger charge is 2.00. The molecule has 0 unspecified atom stereocenters. The van der Waals surface area contributed by atoms with Crippen molar-refractivity contribution in [3.63, 3.8) is 0 Å². The minimum atomic E-state index is -0.0882. The molecule has 15 heavy (non-hydrogen) atoms. The maximum absolute atomic E-state index is 11.2. The van der Waals surface area contributed by atoms with E-state index in [2.05, 4.69) is 15.6 Å². The predicted octanol–water partition coefficient (Wildman–Crippen LogP) is 0.263. The molecule has 1 amide bonds. The van der Waals surface area contributed by atoms with Crippen LogP contribution in [0.15, 0.2) is 11.7 Å². The number of hydrogen-bond acceptors (Lipinski definition) is 5. The number of carbonyl (C=O) groups is 1. The average Bonchev–Trinajstić information content (AvgIpc) is 2.71. The molecule has 1 aromatic heterocycles. The van der Waals surface area contributed by atoms with Crippen molar-refractivity contribution in [2.45, 2.75) is 13.0 Å². The van der Waals surface area contributed by atoms with E-state index in [0.29, 0.717) is 19.5 Å². The zero-order valence-electron chi connectivity index (χ0n) is 8.19. The summed E-state index contributed by atoms with van der Waals surface area (Å²) in [5.41, 5.74) is 1.75. The van der Waals surface area contributed by atoms with Crippen LogP contribution in [0.3, 0.4) is 0 Å². The zero-order valence-corrected chi connectivity index (χ0v) is 9.01. The van der Waals surface area contributed by atoms with Crippen LogP contribution >= 0.6 is 11.3 Å². The first-order chi connectivity index (χ1) is 7.33. The molecule has 0 saturated heterocycles. The summed E-state index contributed by atoms with van der Waals surface area (Å²) < 4.78 is 0. The van der Waals surface area contributed by atoms with Gasteiger partial charge < -0.3 is 10.6 Å². The van der Waals surface area contributed by atoms with Gasteiger partial charge in [0, 0.05) is 24.2 Å². The van der Waals surface area contributed by atoms with Crippen LogP contribution in [0.5, 0.6) is 0 Å². The third-order valence-electron chi connectivity index (χ3n) is 1.63. The van der Waals surface area contributed by atoms with Crippen molar-refractivity contribution < 1.29 is 4.79 Å². The molecule has 6 heteroatoms. The maximum Gasteiger partial charge on any atom is 0.234 e. The summed E-state index contributed by atoms with van der Waals surface area (Å²) >= 11 is 1.55. The molecule has 0 aliphatic rings. The van der Waals surface area contributed by atoms with E-state index < -0.39 is 0 Å². The van der Waals surface area contributed by atoms with Gasteiger partial charge >= 0.3 is 0 Å². The molecule has 1 rings (SSSR count). The lowest BCUT2D eigenvalue weighted by atomic mass is 10.4. The summed E-state index contributed by atoms with van der Waals surface area (Å²) in [6.45, 7) is 1.33. The Labute approximate surface area is 92.1 Å². The van der Waals surface area contributed by atoms with Crippen molar-refractivity contribution in [1.82, 2.24) is 15.6 Å². The van der Waals surface area contributed by atoms with Crippen LogP contribution in [0, 0.1) is 11.3 Å². The van der Waals surface area contributed by atoms with Gasteiger partial charge in [0.05, 0.1) is 24.5 Å². The number of thiazole rings is 1. The van der Waals surface area contributed by atoms with E-state index in [1.165, 1.54) is 0 Å². The summed E-state index contributed by atoms with van der Waals surface area (Å²) in [6.07, 6.45) is 2.12. The molecular formula is C9H12N4OS. The average molecular weight is 224 g/mol. The van der Waals surface area contributed by atoms with Gasteiger partial charge in [0.2, 0.25) is 5.91 Å². The summed E-state index contributed by atoms with van der Waals surface area (Å²) in [5.74, 6) is -0.0882. The van der Waals surface area contributed by atoms with Gasteiger partial charge in [-0.15, -0.1) is 11.3 Å². The highest BCUT2D eigenvalue weighted by atomic mass is 32.1. The van der Waals surface area contributed by atoms with E-state index in [1.807, 2.05) is 6.07 Å². The van der Waals surface area contributed by atoms with Crippen molar-refractivity contribution in [1.29, 1.82) is 5.26 Å². The first kappa shape index (κ1) is 11.6. The van der Waals surface area contributed by atoms with Gasteiger partial charge in [0.1, 0.15) is 0 Å². The minimum Gasteiger partial charge on any atom is -0.354 e. The molecule has 0 aliphatic heterocycles.